The summed E-state index contributed by atoms with van der Waals surface area (Å²) in [5, 5.41) is 3.04. The summed E-state index contributed by atoms with van der Waals surface area (Å²) in [4.78, 5) is 26.8. The third kappa shape index (κ3) is 5.35. The minimum Gasteiger partial charge on any atom is -0.482 e. The van der Waals surface area contributed by atoms with Crippen molar-refractivity contribution in [3.05, 3.63) is 18.2 Å². The van der Waals surface area contributed by atoms with Crippen molar-refractivity contribution in [3.63, 3.8) is 0 Å². The molecule has 0 radical (unpaired) electrons. The molecule has 4 rings (SSSR count). The van der Waals surface area contributed by atoms with Crippen LogP contribution in [0.25, 0.3) is 0 Å². The molecule has 0 aromatic heterocycles. The van der Waals surface area contributed by atoms with Gasteiger partial charge < -0.3 is 10.1 Å². The summed E-state index contributed by atoms with van der Waals surface area (Å²) in [6.07, 6.45) is 5.05. The molecule has 8 nitrogen and oxygen atoms in total. The SMILES string of the molecule is CC1CCC(NC(=O)CN2C(=O)COc3ccc(S(=O)(=O)N4C[C@@H](C)C[C@H](C)C4)cc32)CC1. The van der Waals surface area contributed by atoms with Crippen molar-refractivity contribution in [2.24, 2.45) is 17.8 Å². The van der Waals surface area contributed by atoms with Gasteiger partial charge in [-0.15, -0.1) is 0 Å². The molecule has 0 spiro atoms. The highest BCUT2D eigenvalue weighted by Crippen LogP contribution is 2.36. The molecule has 1 aromatic rings. The highest BCUT2D eigenvalue weighted by atomic mass is 32.2. The summed E-state index contributed by atoms with van der Waals surface area (Å²) in [6, 6.07) is 4.70. The number of nitrogens with one attached hydrogen (secondary N) is 1. The summed E-state index contributed by atoms with van der Waals surface area (Å²) >= 11 is 0. The van der Waals surface area contributed by atoms with Crippen molar-refractivity contribution in [2.45, 2.75) is 63.8 Å². The topological polar surface area (TPSA) is 96.0 Å². The van der Waals surface area contributed by atoms with Crippen LogP contribution in [0.5, 0.6) is 5.75 Å². The maximum Gasteiger partial charge on any atom is 0.265 e. The first-order valence-electron chi connectivity index (χ1n) is 12.0. The summed E-state index contributed by atoms with van der Waals surface area (Å²) in [7, 11) is -3.72. The maximum absolute atomic E-state index is 13.4. The Balaban J connectivity index is 1.53. The Hall–Kier alpha value is -2.13. The van der Waals surface area contributed by atoms with Crippen LogP contribution in [0.3, 0.4) is 0 Å². The predicted molar refractivity (Wildman–Crippen MR) is 126 cm³/mol. The summed E-state index contributed by atoms with van der Waals surface area (Å²) < 4.78 is 33.8. The number of rotatable bonds is 5. The van der Waals surface area contributed by atoms with Gasteiger partial charge >= 0.3 is 0 Å². The van der Waals surface area contributed by atoms with Crippen LogP contribution in [-0.2, 0) is 19.6 Å². The van der Waals surface area contributed by atoms with Gasteiger partial charge in [0.1, 0.15) is 12.3 Å². The summed E-state index contributed by atoms with van der Waals surface area (Å²) in [6.45, 7) is 6.97. The average Bonchev–Trinajstić information content (AvgIpc) is 2.76. The fraction of sp³-hybridized carbons (Fsp3) is 0.667. The smallest absolute Gasteiger partial charge is 0.265 e. The van der Waals surface area contributed by atoms with Gasteiger partial charge in [-0.3, -0.25) is 14.5 Å². The van der Waals surface area contributed by atoms with Crippen LogP contribution in [0.4, 0.5) is 5.69 Å². The van der Waals surface area contributed by atoms with Crippen molar-refractivity contribution < 1.29 is 22.7 Å². The first-order valence-corrected chi connectivity index (χ1v) is 13.4. The number of sulfonamides is 1. The van der Waals surface area contributed by atoms with Gasteiger partial charge in [-0.2, -0.15) is 4.31 Å². The Labute approximate surface area is 196 Å². The van der Waals surface area contributed by atoms with E-state index in [1.807, 2.05) is 0 Å². The summed E-state index contributed by atoms with van der Waals surface area (Å²) in [5.74, 6) is 1.07. The van der Waals surface area contributed by atoms with Gasteiger partial charge in [0.15, 0.2) is 6.61 Å². The Kier molecular flexibility index (Phi) is 7.00. The highest BCUT2D eigenvalue weighted by Gasteiger charge is 2.34. The molecular formula is C24H35N3O5S. The average molecular weight is 478 g/mol. The molecule has 1 N–H and O–H groups in total. The van der Waals surface area contributed by atoms with E-state index in [9.17, 15) is 18.0 Å². The molecule has 33 heavy (non-hydrogen) atoms. The largest absolute Gasteiger partial charge is 0.482 e. The number of fused-ring (bicyclic) bond motifs is 1. The van der Waals surface area contributed by atoms with E-state index in [0.717, 1.165) is 32.1 Å². The molecule has 1 aromatic carbocycles. The van der Waals surface area contributed by atoms with Crippen LogP contribution in [0.15, 0.2) is 23.1 Å². The zero-order valence-electron chi connectivity index (χ0n) is 19.7. The van der Waals surface area contributed by atoms with E-state index < -0.39 is 10.0 Å². The second kappa shape index (κ2) is 9.62. The molecule has 2 atom stereocenters. The van der Waals surface area contributed by atoms with Crippen LogP contribution in [0.1, 0.15) is 52.9 Å². The van der Waals surface area contributed by atoms with Gasteiger partial charge in [0.05, 0.1) is 10.6 Å². The number of anilines is 1. The molecule has 2 amide bonds. The van der Waals surface area contributed by atoms with E-state index in [1.54, 1.807) is 6.07 Å². The molecule has 1 saturated carbocycles. The number of amides is 2. The highest BCUT2D eigenvalue weighted by molar-refractivity contribution is 7.89. The maximum atomic E-state index is 13.4. The van der Waals surface area contributed by atoms with Crippen molar-refractivity contribution in [3.8, 4) is 5.75 Å². The lowest BCUT2D eigenvalue weighted by atomic mass is 9.87. The number of carbonyl (C=O) groups excluding carboxylic acids is 2. The molecule has 3 aliphatic rings. The number of benzene rings is 1. The number of ether oxygens (including phenoxy) is 1. The Morgan fingerprint density at radius 2 is 1.73 bits per heavy atom. The zero-order valence-corrected chi connectivity index (χ0v) is 20.6. The van der Waals surface area contributed by atoms with Gasteiger partial charge in [0, 0.05) is 19.1 Å². The molecule has 2 heterocycles. The second-order valence-electron chi connectivity index (χ2n) is 10.2. The third-order valence-electron chi connectivity index (χ3n) is 7.03. The molecular weight excluding hydrogens is 442 g/mol. The van der Waals surface area contributed by atoms with Crippen LogP contribution in [0.2, 0.25) is 0 Å². The van der Waals surface area contributed by atoms with Crippen LogP contribution < -0.4 is 15.0 Å². The monoisotopic (exact) mass is 477 g/mol. The quantitative estimate of drug-likeness (QED) is 0.704. The van der Waals surface area contributed by atoms with Crippen LogP contribution in [0, 0.1) is 17.8 Å². The molecule has 182 valence electrons. The fourth-order valence-corrected chi connectivity index (χ4v) is 6.99. The Bertz CT molecular complexity index is 993. The number of hydrogen-bond acceptors (Lipinski definition) is 5. The van der Waals surface area contributed by atoms with E-state index in [2.05, 4.69) is 26.1 Å². The number of nitrogens with zero attached hydrogens (tertiary/aromatic N) is 2. The fourth-order valence-electron chi connectivity index (χ4n) is 5.29. The minimum absolute atomic E-state index is 0.118. The van der Waals surface area contributed by atoms with Gasteiger partial charge in [-0.25, -0.2) is 8.42 Å². The molecule has 1 saturated heterocycles. The molecule has 2 fully saturated rings. The van der Waals surface area contributed by atoms with Crippen LogP contribution in [-0.4, -0.2) is 56.8 Å². The number of hydrogen-bond donors (Lipinski definition) is 1. The van der Waals surface area contributed by atoms with E-state index in [1.165, 1.54) is 21.3 Å². The Morgan fingerprint density at radius 1 is 1.06 bits per heavy atom. The van der Waals surface area contributed by atoms with Crippen molar-refractivity contribution in [2.75, 3.05) is 31.1 Å². The van der Waals surface area contributed by atoms with Crippen molar-refractivity contribution in [1.29, 1.82) is 0 Å². The van der Waals surface area contributed by atoms with Gasteiger partial charge in [-0.05, 0) is 68.1 Å². The number of piperidine rings is 1. The first kappa shape index (κ1) is 24.0. The molecule has 2 aliphatic heterocycles. The van der Waals surface area contributed by atoms with Crippen molar-refractivity contribution >= 4 is 27.5 Å². The lowest BCUT2D eigenvalue weighted by Crippen LogP contribution is -2.48. The summed E-state index contributed by atoms with van der Waals surface area (Å²) in [5.41, 5.74) is 0.331. The first-order chi connectivity index (χ1) is 15.6. The second-order valence-corrected chi connectivity index (χ2v) is 12.1. The van der Waals surface area contributed by atoms with E-state index in [-0.39, 0.29) is 47.7 Å². The van der Waals surface area contributed by atoms with Crippen molar-refractivity contribution in [1.82, 2.24) is 9.62 Å². The van der Waals surface area contributed by atoms with Gasteiger partial charge in [-0.1, -0.05) is 20.8 Å². The third-order valence-corrected chi connectivity index (χ3v) is 8.86. The molecule has 9 heteroatoms. The Morgan fingerprint density at radius 3 is 2.39 bits per heavy atom. The van der Waals surface area contributed by atoms with E-state index in [0.29, 0.717) is 30.4 Å². The van der Waals surface area contributed by atoms with E-state index >= 15 is 0 Å². The normalized spacial score (nSPS) is 28.7. The standard InChI is InChI=1S/C24H35N3O5S/c1-16-4-6-19(7-5-16)25-23(28)14-27-21-11-20(8-9-22(21)32-15-24(27)29)33(30,31)26-12-17(2)10-18(3)13-26/h8-9,11,16-19H,4-7,10,12-15H2,1-3H3,(H,25,28)/t16?,17-,18-,19?/m0/s1. The molecule has 1 aliphatic carbocycles. The minimum atomic E-state index is -3.72. The van der Waals surface area contributed by atoms with Crippen LogP contribution >= 0.6 is 0 Å². The lowest BCUT2D eigenvalue weighted by Gasteiger charge is -2.34. The zero-order chi connectivity index (χ0) is 23.8. The van der Waals surface area contributed by atoms with Gasteiger partial charge in [0.2, 0.25) is 15.9 Å². The van der Waals surface area contributed by atoms with E-state index in [4.69, 9.17) is 4.74 Å². The predicted octanol–water partition coefficient (Wildman–Crippen LogP) is 2.77. The molecule has 0 unspecified atom stereocenters. The molecule has 0 bridgehead atoms. The van der Waals surface area contributed by atoms with Gasteiger partial charge in [0.25, 0.3) is 5.91 Å². The number of carbonyl (C=O) groups is 2. The lowest BCUT2D eigenvalue weighted by molar-refractivity contribution is -0.125.